The van der Waals surface area contributed by atoms with Gasteiger partial charge in [-0.05, 0) is 18.1 Å². The molecule has 3 N–H and O–H groups in total. The van der Waals surface area contributed by atoms with Gasteiger partial charge in [0.1, 0.15) is 0 Å². The topological polar surface area (TPSA) is 68.3 Å². The van der Waals surface area contributed by atoms with Crippen molar-refractivity contribution < 1.29 is 9.21 Å². The SMILES string of the molecule is CNC(=O)C(CN)Cc1ccoc1. The van der Waals surface area contributed by atoms with E-state index >= 15 is 0 Å². The molecule has 4 nitrogen and oxygen atoms in total. The molecule has 0 aliphatic carbocycles. The molecule has 1 aromatic heterocycles. The number of carbonyl (C=O) groups is 1. The van der Waals surface area contributed by atoms with Gasteiger partial charge in [0.15, 0.2) is 0 Å². The Bertz CT molecular complexity index is 257. The number of hydrogen-bond donors (Lipinski definition) is 2. The van der Waals surface area contributed by atoms with Gasteiger partial charge in [0.25, 0.3) is 0 Å². The molecule has 0 aromatic carbocycles. The Hall–Kier alpha value is -1.29. The van der Waals surface area contributed by atoms with Gasteiger partial charge in [0.05, 0.1) is 18.4 Å². The Morgan fingerprint density at radius 3 is 3.00 bits per heavy atom. The molecule has 0 spiro atoms. The van der Waals surface area contributed by atoms with Crippen molar-refractivity contribution in [1.29, 1.82) is 0 Å². The molecule has 1 rings (SSSR count). The van der Waals surface area contributed by atoms with E-state index in [2.05, 4.69) is 5.32 Å². The van der Waals surface area contributed by atoms with Gasteiger partial charge < -0.3 is 15.5 Å². The molecule has 0 aliphatic rings. The summed E-state index contributed by atoms with van der Waals surface area (Å²) in [5.74, 6) is -0.189. The van der Waals surface area contributed by atoms with Crippen LogP contribution in [0.15, 0.2) is 23.0 Å². The lowest BCUT2D eigenvalue weighted by Gasteiger charge is -2.10. The average Bonchev–Trinajstić information content (AvgIpc) is 2.65. The standard InChI is InChI=1S/C9H14N2O2/c1-11-9(12)8(5-10)4-7-2-3-13-6-7/h2-3,6,8H,4-5,10H2,1H3,(H,11,12). The number of rotatable bonds is 4. The van der Waals surface area contributed by atoms with Gasteiger partial charge >= 0.3 is 0 Å². The van der Waals surface area contributed by atoms with E-state index in [0.29, 0.717) is 13.0 Å². The summed E-state index contributed by atoms with van der Waals surface area (Å²) in [5, 5.41) is 2.58. The third-order valence-corrected chi connectivity index (χ3v) is 1.96. The van der Waals surface area contributed by atoms with Gasteiger partial charge in [-0.25, -0.2) is 0 Å². The first kappa shape index (κ1) is 9.80. The van der Waals surface area contributed by atoms with Gasteiger partial charge in [0, 0.05) is 13.6 Å². The first-order valence-electron chi connectivity index (χ1n) is 4.20. The van der Waals surface area contributed by atoms with Gasteiger partial charge in [-0.2, -0.15) is 0 Å². The summed E-state index contributed by atoms with van der Waals surface area (Å²) in [4.78, 5) is 11.2. The quantitative estimate of drug-likeness (QED) is 0.696. The highest BCUT2D eigenvalue weighted by Gasteiger charge is 2.15. The molecule has 1 atom stereocenters. The number of nitrogens with two attached hydrogens (primary N) is 1. The maximum absolute atomic E-state index is 11.2. The van der Waals surface area contributed by atoms with E-state index in [1.54, 1.807) is 19.6 Å². The second-order valence-electron chi connectivity index (χ2n) is 2.88. The van der Waals surface area contributed by atoms with Crippen molar-refractivity contribution in [1.82, 2.24) is 5.32 Å². The minimum atomic E-state index is -0.164. The number of hydrogen-bond acceptors (Lipinski definition) is 3. The number of furan rings is 1. The summed E-state index contributed by atoms with van der Waals surface area (Å²) in [5.41, 5.74) is 6.47. The third kappa shape index (κ3) is 2.59. The molecule has 0 saturated carbocycles. The van der Waals surface area contributed by atoms with Crippen molar-refractivity contribution in [3.05, 3.63) is 24.2 Å². The predicted octanol–water partition coefficient (Wildman–Crippen LogP) is 0.143. The smallest absolute Gasteiger partial charge is 0.224 e. The first-order chi connectivity index (χ1) is 6.27. The van der Waals surface area contributed by atoms with Gasteiger partial charge in [0.2, 0.25) is 5.91 Å². The molecule has 72 valence electrons. The van der Waals surface area contributed by atoms with Crippen molar-refractivity contribution >= 4 is 5.91 Å². The molecule has 0 fully saturated rings. The van der Waals surface area contributed by atoms with Crippen molar-refractivity contribution in [3.63, 3.8) is 0 Å². The second-order valence-corrected chi connectivity index (χ2v) is 2.88. The van der Waals surface area contributed by atoms with Crippen LogP contribution >= 0.6 is 0 Å². The van der Waals surface area contributed by atoms with Crippen LogP contribution in [-0.2, 0) is 11.2 Å². The molecule has 1 heterocycles. The van der Waals surface area contributed by atoms with Crippen LogP contribution in [0.4, 0.5) is 0 Å². The molecule has 0 bridgehead atoms. The summed E-state index contributed by atoms with van der Waals surface area (Å²) in [6.07, 6.45) is 3.85. The summed E-state index contributed by atoms with van der Waals surface area (Å²) in [7, 11) is 1.61. The van der Waals surface area contributed by atoms with Crippen LogP contribution in [0.5, 0.6) is 0 Å². The lowest BCUT2D eigenvalue weighted by atomic mass is 10.0. The Morgan fingerprint density at radius 1 is 1.77 bits per heavy atom. The van der Waals surface area contributed by atoms with Crippen molar-refractivity contribution in [2.75, 3.05) is 13.6 Å². The second kappa shape index (κ2) is 4.67. The number of nitrogens with one attached hydrogen (secondary N) is 1. The number of amides is 1. The van der Waals surface area contributed by atoms with Crippen LogP contribution < -0.4 is 11.1 Å². The third-order valence-electron chi connectivity index (χ3n) is 1.96. The fraction of sp³-hybridized carbons (Fsp3) is 0.444. The minimum Gasteiger partial charge on any atom is -0.472 e. The van der Waals surface area contributed by atoms with Crippen LogP contribution in [-0.4, -0.2) is 19.5 Å². The highest BCUT2D eigenvalue weighted by molar-refractivity contribution is 5.78. The molecule has 0 radical (unpaired) electrons. The normalized spacial score (nSPS) is 12.5. The summed E-state index contributed by atoms with van der Waals surface area (Å²) < 4.78 is 4.90. The van der Waals surface area contributed by atoms with E-state index in [9.17, 15) is 4.79 Å². The Kier molecular flexibility index (Phi) is 3.52. The fourth-order valence-electron chi connectivity index (χ4n) is 1.18. The monoisotopic (exact) mass is 182 g/mol. The molecular formula is C9H14N2O2. The summed E-state index contributed by atoms with van der Waals surface area (Å²) in [6, 6.07) is 1.84. The summed E-state index contributed by atoms with van der Waals surface area (Å²) >= 11 is 0. The van der Waals surface area contributed by atoms with E-state index < -0.39 is 0 Å². The molecule has 1 amide bonds. The van der Waals surface area contributed by atoms with E-state index in [4.69, 9.17) is 10.2 Å². The van der Waals surface area contributed by atoms with Crippen LogP contribution in [0.3, 0.4) is 0 Å². The minimum absolute atomic E-state index is 0.0244. The molecule has 1 unspecified atom stereocenters. The van der Waals surface area contributed by atoms with Crippen LogP contribution in [0.2, 0.25) is 0 Å². The Morgan fingerprint density at radius 2 is 2.54 bits per heavy atom. The largest absolute Gasteiger partial charge is 0.472 e. The Balaban J connectivity index is 2.54. The molecule has 0 saturated heterocycles. The van der Waals surface area contributed by atoms with Gasteiger partial charge in [-0.1, -0.05) is 0 Å². The zero-order valence-corrected chi connectivity index (χ0v) is 7.62. The highest BCUT2D eigenvalue weighted by atomic mass is 16.3. The maximum atomic E-state index is 11.2. The molecule has 4 heteroatoms. The highest BCUT2D eigenvalue weighted by Crippen LogP contribution is 2.08. The van der Waals surface area contributed by atoms with Crippen molar-refractivity contribution in [2.24, 2.45) is 11.7 Å². The van der Waals surface area contributed by atoms with Gasteiger partial charge in [-0.15, -0.1) is 0 Å². The van der Waals surface area contributed by atoms with E-state index in [-0.39, 0.29) is 11.8 Å². The lowest BCUT2D eigenvalue weighted by molar-refractivity contribution is -0.124. The van der Waals surface area contributed by atoms with Crippen molar-refractivity contribution in [2.45, 2.75) is 6.42 Å². The average molecular weight is 182 g/mol. The predicted molar refractivity (Wildman–Crippen MR) is 49.0 cm³/mol. The first-order valence-corrected chi connectivity index (χ1v) is 4.20. The van der Waals surface area contributed by atoms with Crippen LogP contribution in [0.25, 0.3) is 0 Å². The summed E-state index contributed by atoms with van der Waals surface area (Å²) in [6.45, 7) is 0.352. The van der Waals surface area contributed by atoms with E-state index in [1.165, 1.54) is 0 Å². The molecule has 13 heavy (non-hydrogen) atoms. The zero-order valence-electron chi connectivity index (χ0n) is 7.62. The molecule has 1 aromatic rings. The van der Waals surface area contributed by atoms with Crippen LogP contribution in [0, 0.1) is 5.92 Å². The lowest BCUT2D eigenvalue weighted by Crippen LogP contribution is -2.33. The number of carbonyl (C=O) groups excluding carboxylic acids is 1. The van der Waals surface area contributed by atoms with E-state index in [1.807, 2.05) is 6.07 Å². The van der Waals surface area contributed by atoms with Gasteiger partial charge in [-0.3, -0.25) is 4.79 Å². The Labute approximate surface area is 77.1 Å². The van der Waals surface area contributed by atoms with Crippen LogP contribution in [0.1, 0.15) is 5.56 Å². The maximum Gasteiger partial charge on any atom is 0.224 e. The van der Waals surface area contributed by atoms with Crippen molar-refractivity contribution in [3.8, 4) is 0 Å². The molecule has 0 aliphatic heterocycles. The molecular weight excluding hydrogens is 168 g/mol. The zero-order chi connectivity index (χ0) is 9.68. The fourth-order valence-corrected chi connectivity index (χ4v) is 1.18. The van der Waals surface area contributed by atoms with E-state index in [0.717, 1.165) is 5.56 Å².